The normalized spacial score (nSPS) is 8.50. The molecule has 9 heteroatoms. The SMILES string of the molecule is Cl.O=[N+]([O-])c1nnnn1Br. The maximum atomic E-state index is 9.90. The van der Waals surface area contributed by atoms with E-state index in [1.165, 1.54) is 0 Å². The lowest BCUT2D eigenvalue weighted by atomic mass is 11.1. The maximum Gasteiger partial charge on any atom is 0.490 e. The van der Waals surface area contributed by atoms with Gasteiger partial charge in [-0.15, -0.1) is 12.4 Å². The van der Waals surface area contributed by atoms with Crippen molar-refractivity contribution in [1.82, 2.24) is 19.2 Å². The largest absolute Gasteiger partial charge is 0.490 e. The van der Waals surface area contributed by atoms with Crippen LogP contribution in [0.25, 0.3) is 0 Å². The lowest BCUT2D eigenvalue weighted by Gasteiger charge is -1.85. The van der Waals surface area contributed by atoms with Crippen LogP contribution in [0.3, 0.4) is 0 Å². The van der Waals surface area contributed by atoms with Gasteiger partial charge in [0.05, 0.1) is 10.3 Å². The monoisotopic (exact) mass is 229 g/mol. The minimum absolute atomic E-state index is 0. The second-order valence-corrected chi connectivity index (χ2v) is 1.77. The molecule has 0 atom stereocenters. The lowest BCUT2D eigenvalue weighted by molar-refractivity contribution is -0.395. The topological polar surface area (TPSA) is 86.7 Å². The summed E-state index contributed by atoms with van der Waals surface area (Å²) in [6.07, 6.45) is 0. The molecule has 0 unspecified atom stereocenters. The fraction of sp³-hybridized carbons (Fsp3) is 0. The minimum atomic E-state index is -0.700. The third kappa shape index (κ3) is 1.61. The zero-order chi connectivity index (χ0) is 6.85. The van der Waals surface area contributed by atoms with Crippen molar-refractivity contribution < 1.29 is 4.92 Å². The first kappa shape index (κ1) is 9.24. The van der Waals surface area contributed by atoms with Crippen LogP contribution < -0.4 is 0 Å². The fourth-order valence-electron chi connectivity index (χ4n) is 0.276. The number of nitrogens with zero attached hydrogens (tertiary/aromatic N) is 5. The molecule has 0 radical (unpaired) electrons. The summed E-state index contributed by atoms with van der Waals surface area (Å²) >= 11 is 2.71. The van der Waals surface area contributed by atoms with Gasteiger partial charge in [0.25, 0.3) is 0 Å². The fourth-order valence-corrected chi connectivity index (χ4v) is 0.540. The molecule has 0 saturated carbocycles. The number of rotatable bonds is 1. The predicted octanol–water partition coefficient (Wildman–Crippen LogP) is 0.161. The van der Waals surface area contributed by atoms with Gasteiger partial charge in [0.15, 0.2) is 16.1 Å². The number of hydrogen-bond donors (Lipinski definition) is 0. The van der Waals surface area contributed by atoms with Crippen LogP contribution in [0.15, 0.2) is 0 Å². The van der Waals surface area contributed by atoms with E-state index < -0.39 is 10.9 Å². The highest BCUT2D eigenvalue weighted by Gasteiger charge is 2.14. The van der Waals surface area contributed by atoms with Gasteiger partial charge in [-0.1, -0.05) is 0 Å². The second-order valence-electron chi connectivity index (χ2n) is 1.10. The summed E-state index contributed by atoms with van der Waals surface area (Å²) in [5, 5.41) is 19.2. The molecule has 0 N–H and O–H groups in total. The van der Waals surface area contributed by atoms with Gasteiger partial charge in [-0.05, 0) is 8.63 Å². The first-order valence-electron chi connectivity index (χ1n) is 1.80. The van der Waals surface area contributed by atoms with Crippen molar-refractivity contribution >= 4 is 34.5 Å². The summed E-state index contributed by atoms with van der Waals surface area (Å²) in [4.78, 5) is 9.20. The van der Waals surface area contributed by atoms with Gasteiger partial charge in [0, 0.05) is 5.21 Å². The molecule has 0 aliphatic carbocycles. The first-order valence-corrected chi connectivity index (χ1v) is 2.51. The van der Waals surface area contributed by atoms with Crippen molar-refractivity contribution in [3.8, 4) is 0 Å². The van der Waals surface area contributed by atoms with E-state index in [4.69, 9.17) is 0 Å². The van der Waals surface area contributed by atoms with Crippen LogP contribution in [0.5, 0.6) is 0 Å². The Morgan fingerprint density at radius 1 is 1.70 bits per heavy atom. The number of tetrazole rings is 1. The zero-order valence-electron chi connectivity index (χ0n) is 4.34. The summed E-state index contributed by atoms with van der Waals surface area (Å²) in [7, 11) is 0. The molecular weight excluding hydrogens is 229 g/mol. The molecule has 1 aromatic heterocycles. The van der Waals surface area contributed by atoms with Gasteiger partial charge in [0.2, 0.25) is 0 Å². The Morgan fingerprint density at radius 3 is 2.50 bits per heavy atom. The van der Waals surface area contributed by atoms with Crippen LogP contribution in [0.4, 0.5) is 5.95 Å². The van der Waals surface area contributed by atoms with Crippen molar-refractivity contribution in [2.45, 2.75) is 0 Å². The highest BCUT2D eigenvalue weighted by molar-refractivity contribution is 9.08. The van der Waals surface area contributed by atoms with E-state index in [1.54, 1.807) is 0 Å². The number of hydrogen-bond acceptors (Lipinski definition) is 5. The highest BCUT2D eigenvalue weighted by atomic mass is 79.9. The van der Waals surface area contributed by atoms with Crippen LogP contribution in [-0.2, 0) is 0 Å². The van der Waals surface area contributed by atoms with Crippen molar-refractivity contribution in [2.75, 3.05) is 0 Å². The Labute approximate surface area is 69.3 Å². The Hall–Kier alpha value is -0.760. The molecule has 7 nitrogen and oxygen atoms in total. The molecule has 0 saturated heterocycles. The Kier molecular flexibility index (Phi) is 3.16. The molecule has 1 rings (SSSR count). The zero-order valence-corrected chi connectivity index (χ0v) is 6.74. The number of nitro groups is 1. The molecular formula is CHBrClN5O2. The molecule has 0 bridgehead atoms. The van der Waals surface area contributed by atoms with Crippen LogP contribution in [-0.4, -0.2) is 24.2 Å². The van der Waals surface area contributed by atoms with Crippen LogP contribution >= 0.6 is 28.6 Å². The van der Waals surface area contributed by atoms with E-state index in [0.717, 1.165) is 3.71 Å². The lowest BCUT2D eigenvalue weighted by Crippen LogP contribution is -1.94. The molecule has 1 aromatic rings. The third-order valence-corrected chi connectivity index (χ3v) is 1.04. The molecule has 0 spiro atoms. The molecule has 1 heterocycles. The van der Waals surface area contributed by atoms with Crippen LogP contribution in [0, 0.1) is 10.1 Å². The Balaban J connectivity index is 0.000000810. The van der Waals surface area contributed by atoms with Crippen molar-refractivity contribution in [3.05, 3.63) is 10.1 Å². The maximum absolute atomic E-state index is 9.90. The Morgan fingerprint density at radius 2 is 2.30 bits per heavy atom. The average molecular weight is 230 g/mol. The molecule has 0 aliphatic heterocycles. The van der Waals surface area contributed by atoms with E-state index in [-0.39, 0.29) is 12.4 Å². The summed E-state index contributed by atoms with van der Waals surface area (Å²) in [5.41, 5.74) is 0. The summed E-state index contributed by atoms with van der Waals surface area (Å²) < 4.78 is 0.799. The minimum Gasteiger partial charge on any atom is -0.390 e. The summed E-state index contributed by atoms with van der Waals surface area (Å²) in [6.45, 7) is 0. The number of halogens is 2. The summed E-state index contributed by atoms with van der Waals surface area (Å²) in [6, 6.07) is 0. The summed E-state index contributed by atoms with van der Waals surface area (Å²) in [5.74, 6) is -0.435. The van der Waals surface area contributed by atoms with Crippen molar-refractivity contribution in [2.24, 2.45) is 0 Å². The molecule has 0 amide bonds. The molecule has 0 aliphatic rings. The van der Waals surface area contributed by atoms with Crippen LogP contribution in [0.1, 0.15) is 0 Å². The smallest absolute Gasteiger partial charge is 0.390 e. The van der Waals surface area contributed by atoms with Crippen molar-refractivity contribution in [3.63, 3.8) is 0 Å². The van der Waals surface area contributed by atoms with Gasteiger partial charge in [0.1, 0.15) is 0 Å². The molecule has 56 valence electrons. The predicted molar refractivity (Wildman–Crippen MR) is 36.0 cm³/mol. The molecule has 10 heavy (non-hydrogen) atoms. The first-order chi connectivity index (χ1) is 4.22. The van der Waals surface area contributed by atoms with Crippen LogP contribution in [0.2, 0.25) is 0 Å². The van der Waals surface area contributed by atoms with E-state index in [0.29, 0.717) is 0 Å². The average Bonchev–Trinajstić information content (AvgIpc) is 2.13. The number of aromatic nitrogens is 4. The third-order valence-electron chi connectivity index (χ3n) is 0.581. The van der Waals surface area contributed by atoms with Gasteiger partial charge >= 0.3 is 5.95 Å². The van der Waals surface area contributed by atoms with E-state index in [1.807, 2.05) is 0 Å². The Bertz CT molecular complexity index is 235. The van der Waals surface area contributed by atoms with E-state index in [9.17, 15) is 10.1 Å². The van der Waals surface area contributed by atoms with Gasteiger partial charge in [-0.3, -0.25) is 0 Å². The van der Waals surface area contributed by atoms with E-state index >= 15 is 0 Å². The quantitative estimate of drug-likeness (QED) is 0.507. The van der Waals surface area contributed by atoms with E-state index in [2.05, 4.69) is 31.7 Å². The standard InChI is InChI=1S/CBrN5O2.ClH/c2-6-1(7(8)9)3-4-5-6;/h;1H. The van der Waals surface area contributed by atoms with Gasteiger partial charge in [-0.25, -0.2) is 0 Å². The second kappa shape index (κ2) is 3.42. The van der Waals surface area contributed by atoms with Gasteiger partial charge < -0.3 is 10.1 Å². The molecule has 0 fully saturated rings. The highest BCUT2D eigenvalue weighted by Crippen LogP contribution is 2.04. The van der Waals surface area contributed by atoms with Crippen molar-refractivity contribution in [1.29, 1.82) is 0 Å². The van der Waals surface area contributed by atoms with Gasteiger partial charge in [-0.2, -0.15) is 0 Å². The molecule has 0 aromatic carbocycles.